The van der Waals surface area contributed by atoms with Gasteiger partial charge in [0.2, 0.25) is 0 Å². The number of benzene rings is 1. The monoisotopic (exact) mass is 376 g/mol. The lowest BCUT2D eigenvalue weighted by atomic mass is 9.99. The van der Waals surface area contributed by atoms with Crippen LogP contribution in [0.15, 0.2) is 40.6 Å². The minimum Gasteiger partial charge on any atom is -0.342 e. The number of allylic oxidation sites excluding steroid dienone is 1. The van der Waals surface area contributed by atoms with Crippen molar-refractivity contribution in [2.45, 2.75) is 39.0 Å². The van der Waals surface area contributed by atoms with E-state index in [4.69, 9.17) is 0 Å². The van der Waals surface area contributed by atoms with Gasteiger partial charge < -0.3 is 4.98 Å². The lowest BCUT2D eigenvalue weighted by Crippen LogP contribution is -1.99. The quantitative estimate of drug-likeness (QED) is 0.653. The number of H-pyrrole nitrogens is 1. The molecule has 0 aliphatic carbocycles. The van der Waals surface area contributed by atoms with Crippen molar-refractivity contribution in [2.75, 3.05) is 0 Å². The van der Waals surface area contributed by atoms with Crippen molar-refractivity contribution in [3.63, 3.8) is 0 Å². The third-order valence-electron chi connectivity index (χ3n) is 3.49. The van der Waals surface area contributed by atoms with Crippen LogP contribution in [0.25, 0.3) is 11.3 Å². The molecule has 1 heterocycles. The molecule has 0 aliphatic heterocycles. The molecule has 0 saturated heterocycles. The molecule has 1 aromatic carbocycles. The lowest BCUT2D eigenvalue weighted by Gasteiger charge is -2.10. The molecule has 106 valence electrons. The van der Waals surface area contributed by atoms with Crippen molar-refractivity contribution in [3.05, 3.63) is 52.0 Å². The second-order valence-electron chi connectivity index (χ2n) is 5.13. The Bertz CT molecular complexity index is 555. The van der Waals surface area contributed by atoms with Crippen LogP contribution in [-0.2, 0) is 0 Å². The number of aromatic nitrogens is 2. The van der Waals surface area contributed by atoms with Gasteiger partial charge in [-0.3, -0.25) is 0 Å². The minimum atomic E-state index is 0.491. The molecule has 0 saturated carbocycles. The Labute approximate surface area is 134 Å². The Kier molecular flexibility index (Phi) is 5.83. The molecule has 1 atom stereocenters. The molecule has 1 aromatic heterocycles. The van der Waals surface area contributed by atoms with Crippen LogP contribution in [0, 0.1) is 6.92 Å². The first-order valence-corrected chi connectivity index (χ1v) is 8.36. The standard InChI is InChI=1S/C17H21IN2/c1-3-5-15(6-4-11-18)17-19-12-16(20-17)14-9-7-13(2)8-10-14/h4,7-12,15H,3,5-6H2,1-2H3,(H,19,20)/b11-4+/i18-4. The number of aryl methyl sites for hydroxylation is 1. The number of nitrogens with zero attached hydrogens (tertiary/aromatic N) is 1. The number of rotatable bonds is 6. The van der Waals surface area contributed by atoms with E-state index in [0.717, 1.165) is 17.9 Å². The highest BCUT2D eigenvalue weighted by atomic mass is 123. The third-order valence-corrected chi connectivity index (χ3v) is 4.00. The van der Waals surface area contributed by atoms with E-state index in [1.807, 2.05) is 6.20 Å². The molecule has 0 fully saturated rings. The fourth-order valence-electron chi connectivity index (χ4n) is 2.35. The maximum atomic E-state index is 4.59. The minimum absolute atomic E-state index is 0.491. The molecule has 3 heteroatoms. The molecule has 0 spiro atoms. The molecule has 2 aromatic rings. The van der Waals surface area contributed by atoms with Crippen molar-refractivity contribution in [3.8, 4) is 11.3 Å². The first-order chi connectivity index (χ1) is 9.74. The third kappa shape index (κ3) is 3.95. The van der Waals surface area contributed by atoms with Crippen molar-refractivity contribution in [2.24, 2.45) is 0 Å². The summed E-state index contributed by atoms with van der Waals surface area (Å²) in [6.45, 7) is 4.33. The molecule has 0 radical (unpaired) electrons. The molecule has 2 nitrogen and oxygen atoms in total. The van der Waals surface area contributed by atoms with Crippen molar-refractivity contribution in [1.29, 1.82) is 0 Å². The molecule has 20 heavy (non-hydrogen) atoms. The van der Waals surface area contributed by atoms with Gasteiger partial charge in [-0.15, -0.1) is 0 Å². The number of nitrogens with one attached hydrogen (secondary N) is 1. The molecular formula is C17H21IN2. The highest BCUT2D eigenvalue weighted by Gasteiger charge is 2.13. The topological polar surface area (TPSA) is 28.7 Å². The van der Waals surface area contributed by atoms with E-state index >= 15 is 0 Å². The van der Waals surface area contributed by atoms with Gasteiger partial charge in [-0.25, -0.2) is 4.98 Å². The van der Waals surface area contributed by atoms with Gasteiger partial charge in [0.1, 0.15) is 5.82 Å². The van der Waals surface area contributed by atoms with E-state index in [0.29, 0.717) is 5.92 Å². The van der Waals surface area contributed by atoms with Crippen LogP contribution in [0.3, 0.4) is 0 Å². The summed E-state index contributed by atoms with van der Waals surface area (Å²) in [6.07, 6.45) is 7.57. The summed E-state index contributed by atoms with van der Waals surface area (Å²) in [5.74, 6) is 1.60. The molecule has 1 N–H and O–H groups in total. The highest BCUT2D eigenvalue weighted by molar-refractivity contribution is 14.1. The summed E-state index contributed by atoms with van der Waals surface area (Å²) in [7, 11) is 0. The second kappa shape index (κ2) is 7.62. The molecule has 0 aliphatic rings. The second-order valence-corrected chi connectivity index (χ2v) is 5.85. The Balaban J connectivity index is 2.19. The molecule has 1 unspecified atom stereocenters. The molecular weight excluding hydrogens is 355 g/mol. The van der Waals surface area contributed by atoms with Gasteiger partial charge in [0.15, 0.2) is 0 Å². The van der Waals surface area contributed by atoms with Gasteiger partial charge in [-0.1, -0.05) is 71.8 Å². The molecule has 0 bridgehead atoms. The van der Waals surface area contributed by atoms with E-state index in [9.17, 15) is 0 Å². The number of imidazole rings is 1. The lowest BCUT2D eigenvalue weighted by molar-refractivity contribution is 0.593. The SMILES string of the molecule is CCCC(C/C=C/[123I])c1ncc(-c2ccc(C)cc2)[nH]1. The van der Waals surface area contributed by atoms with E-state index in [-0.39, 0.29) is 0 Å². The zero-order valence-corrected chi connectivity index (χ0v) is 14.2. The van der Waals surface area contributed by atoms with Crippen LogP contribution in [0.5, 0.6) is 0 Å². The summed E-state index contributed by atoms with van der Waals surface area (Å²) in [4.78, 5) is 8.09. The zero-order valence-electron chi connectivity index (χ0n) is 12.1. The number of hydrogen-bond acceptors (Lipinski definition) is 1. The number of halogens is 1. The van der Waals surface area contributed by atoms with Gasteiger partial charge in [0.25, 0.3) is 0 Å². The predicted octanol–water partition coefficient (Wildman–Crippen LogP) is 5.61. The Morgan fingerprint density at radius 2 is 2.05 bits per heavy atom. The maximum Gasteiger partial charge on any atom is 0.109 e. The van der Waals surface area contributed by atoms with Gasteiger partial charge in [-0.05, 0) is 29.4 Å². The van der Waals surface area contributed by atoms with Crippen LogP contribution in [0.2, 0.25) is 0 Å². The van der Waals surface area contributed by atoms with Gasteiger partial charge >= 0.3 is 0 Å². The van der Waals surface area contributed by atoms with Crippen molar-refractivity contribution in [1.82, 2.24) is 9.97 Å². The summed E-state index contributed by atoms with van der Waals surface area (Å²) in [6, 6.07) is 8.56. The summed E-state index contributed by atoms with van der Waals surface area (Å²) < 4.78 is 2.09. The van der Waals surface area contributed by atoms with Gasteiger partial charge in [0, 0.05) is 5.92 Å². The fraction of sp³-hybridized carbons (Fsp3) is 0.353. The normalized spacial score (nSPS) is 12.9. The average Bonchev–Trinajstić information content (AvgIpc) is 2.94. The van der Waals surface area contributed by atoms with Crippen LogP contribution >= 0.6 is 22.6 Å². The van der Waals surface area contributed by atoms with Crippen LogP contribution < -0.4 is 0 Å². The van der Waals surface area contributed by atoms with E-state index in [1.165, 1.54) is 24.0 Å². The van der Waals surface area contributed by atoms with E-state index in [1.54, 1.807) is 0 Å². The number of hydrogen-bond donors (Lipinski definition) is 1. The van der Waals surface area contributed by atoms with Gasteiger partial charge in [-0.2, -0.15) is 0 Å². The Morgan fingerprint density at radius 3 is 2.70 bits per heavy atom. The van der Waals surface area contributed by atoms with Crippen LogP contribution in [0.4, 0.5) is 0 Å². The maximum absolute atomic E-state index is 4.59. The highest BCUT2D eigenvalue weighted by Crippen LogP contribution is 2.26. The summed E-state index contributed by atoms with van der Waals surface area (Å²) in [5, 5.41) is 0. The summed E-state index contributed by atoms with van der Waals surface area (Å²) in [5.41, 5.74) is 3.60. The smallest absolute Gasteiger partial charge is 0.109 e. The first kappa shape index (κ1) is 15.3. The van der Waals surface area contributed by atoms with Crippen molar-refractivity contribution < 1.29 is 0 Å². The Morgan fingerprint density at radius 1 is 1.30 bits per heavy atom. The van der Waals surface area contributed by atoms with E-state index in [2.05, 4.69) is 80.8 Å². The van der Waals surface area contributed by atoms with Crippen molar-refractivity contribution >= 4 is 22.6 Å². The average molecular weight is 376 g/mol. The van der Waals surface area contributed by atoms with Crippen LogP contribution in [0.1, 0.15) is 43.5 Å². The summed E-state index contributed by atoms with van der Waals surface area (Å²) >= 11 is 2.27. The zero-order chi connectivity index (χ0) is 14.4. The first-order valence-electron chi connectivity index (χ1n) is 7.11. The van der Waals surface area contributed by atoms with Crippen LogP contribution in [-0.4, -0.2) is 9.97 Å². The molecule has 2 rings (SSSR count). The Hall–Kier alpha value is -1.10. The fourth-order valence-corrected chi connectivity index (χ4v) is 2.65. The predicted molar refractivity (Wildman–Crippen MR) is 94.2 cm³/mol. The van der Waals surface area contributed by atoms with Gasteiger partial charge in [0.05, 0.1) is 11.9 Å². The molecule has 0 amide bonds. The van der Waals surface area contributed by atoms with E-state index < -0.39 is 0 Å². The number of aromatic amines is 1. The largest absolute Gasteiger partial charge is 0.342 e.